The van der Waals surface area contributed by atoms with E-state index in [-0.39, 0.29) is 23.2 Å². The summed E-state index contributed by atoms with van der Waals surface area (Å²) >= 11 is 0. The Morgan fingerprint density at radius 3 is 2.24 bits per heavy atom. The van der Waals surface area contributed by atoms with Crippen LogP contribution in [0, 0.1) is 0 Å². The molecule has 0 aliphatic heterocycles. The van der Waals surface area contributed by atoms with Crippen LogP contribution in [0.15, 0.2) is 53.1 Å². The molecule has 1 aromatic carbocycles. The molecule has 6 nitrogen and oxygen atoms in total. The van der Waals surface area contributed by atoms with Gasteiger partial charge in [0.15, 0.2) is 17.5 Å². The van der Waals surface area contributed by atoms with E-state index in [1.807, 2.05) is 55.4 Å². The summed E-state index contributed by atoms with van der Waals surface area (Å²) in [6.07, 6.45) is 1.16. The third kappa shape index (κ3) is 7.83. The number of aromatic nitrogens is 5. The number of hydrogen-bond donors (Lipinski definition) is 0. The molecule has 0 radical (unpaired) electrons. The molecule has 2 aliphatic rings. The lowest BCUT2D eigenvalue weighted by atomic mass is 10.0. The molecule has 3 aromatic rings. The van der Waals surface area contributed by atoms with Gasteiger partial charge in [-0.15, -0.1) is 16.8 Å². The summed E-state index contributed by atoms with van der Waals surface area (Å²) in [5.41, 5.74) is 0.914. The van der Waals surface area contributed by atoms with Crippen LogP contribution >= 0.6 is 0 Å². The van der Waals surface area contributed by atoms with Crippen LogP contribution in [0.1, 0.15) is 104 Å². The molecule has 1 fully saturated rings. The summed E-state index contributed by atoms with van der Waals surface area (Å²) in [7, 11) is 1.67. The van der Waals surface area contributed by atoms with Gasteiger partial charge in [-0.05, 0) is 42.6 Å². The highest BCUT2D eigenvalue weighted by molar-refractivity contribution is 5.78. The van der Waals surface area contributed by atoms with Crippen LogP contribution in [0.5, 0.6) is 0 Å². The zero-order chi connectivity index (χ0) is 32.1. The van der Waals surface area contributed by atoms with Gasteiger partial charge in [-0.2, -0.15) is 18.2 Å². The molecule has 2 heterocycles. The smallest absolute Gasteiger partial charge is 0.338 e. The first-order valence-corrected chi connectivity index (χ1v) is 14.8. The van der Waals surface area contributed by atoms with Crippen LogP contribution < -0.4 is 0 Å². The molecule has 5 rings (SSSR count). The summed E-state index contributed by atoms with van der Waals surface area (Å²) in [6.45, 7) is 19.4. The Hall–Kier alpha value is -3.56. The van der Waals surface area contributed by atoms with Gasteiger partial charge in [0.05, 0.1) is 11.0 Å². The minimum Gasteiger partial charge on any atom is -0.338 e. The minimum atomic E-state index is -4.50. The van der Waals surface area contributed by atoms with Gasteiger partial charge >= 0.3 is 6.18 Å². The molecule has 0 N–H and O–H groups in total. The Bertz CT molecular complexity index is 1320. The van der Waals surface area contributed by atoms with E-state index < -0.39 is 17.9 Å². The predicted octanol–water partition coefficient (Wildman–Crippen LogP) is 9.81. The normalized spacial score (nSPS) is 17.4. The summed E-state index contributed by atoms with van der Waals surface area (Å²) in [5.74, 6) is 1.55. The van der Waals surface area contributed by atoms with Crippen molar-refractivity contribution < 1.29 is 22.1 Å². The predicted molar refractivity (Wildman–Crippen MR) is 162 cm³/mol. The van der Waals surface area contributed by atoms with Crippen molar-refractivity contribution in [1.82, 2.24) is 24.9 Å². The fraction of sp³-hybridized carbons (Fsp3) is 0.500. The van der Waals surface area contributed by atoms with Crippen molar-refractivity contribution in [2.45, 2.75) is 98.8 Å². The zero-order valence-electron chi connectivity index (χ0n) is 26.3. The van der Waals surface area contributed by atoms with Crippen molar-refractivity contribution in [2.75, 3.05) is 0 Å². The van der Waals surface area contributed by atoms with E-state index in [1.165, 1.54) is 18.2 Å². The van der Waals surface area contributed by atoms with Crippen LogP contribution in [0.3, 0.4) is 0 Å². The third-order valence-electron chi connectivity index (χ3n) is 6.45. The zero-order valence-corrected chi connectivity index (χ0v) is 26.3. The van der Waals surface area contributed by atoms with Gasteiger partial charge in [0, 0.05) is 19.0 Å². The van der Waals surface area contributed by atoms with Crippen LogP contribution in [0.2, 0.25) is 0 Å². The standard InChI is InChI=1S/C24H21F4N5O.4C2H6/c1-3-14(25)7-6-10-19-29-22(34-32-19)23-12-11-16(18(23)13-23)21-31-30-20(33(21)2)15-8-4-5-9-17(15)24(26,27)28;4*1-2/h3-6,8-10,14H,1,7,11-13H2,2H3;4*1-2H3/b10-6+;;;;. The van der Waals surface area contributed by atoms with Crippen molar-refractivity contribution in [1.29, 1.82) is 0 Å². The monoisotopic (exact) mass is 591 g/mol. The number of alkyl halides is 4. The molecule has 42 heavy (non-hydrogen) atoms. The number of halogens is 4. The summed E-state index contributed by atoms with van der Waals surface area (Å²) in [4.78, 5) is 4.46. The quantitative estimate of drug-likeness (QED) is 0.202. The fourth-order valence-corrected chi connectivity index (χ4v) is 4.59. The highest BCUT2D eigenvalue weighted by Crippen LogP contribution is 2.65. The molecule has 232 valence electrons. The Kier molecular flexibility index (Phi) is 14.6. The fourth-order valence-electron chi connectivity index (χ4n) is 4.59. The van der Waals surface area contributed by atoms with Gasteiger partial charge in [0.1, 0.15) is 6.17 Å². The number of rotatable bonds is 7. The van der Waals surface area contributed by atoms with Crippen LogP contribution in [0.25, 0.3) is 23.0 Å². The SMILES string of the molecule is C=CC(F)C/C=C/c1noc(C23CCC(c4nnc(-c5ccccc5C(F)(F)F)n4C)=C2C3)n1.CC.CC.CC.CC. The molecule has 2 unspecified atom stereocenters. The van der Waals surface area contributed by atoms with Gasteiger partial charge < -0.3 is 9.09 Å². The van der Waals surface area contributed by atoms with E-state index in [4.69, 9.17) is 4.52 Å². The molecular formula is C32H45F4N5O. The summed E-state index contributed by atoms with van der Waals surface area (Å²) in [6, 6.07) is 5.35. The summed E-state index contributed by atoms with van der Waals surface area (Å²) in [5, 5.41) is 12.3. The molecule has 0 spiro atoms. The van der Waals surface area contributed by atoms with E-state index in [1.54, 1.807) is 29.8 Å². The second kappa shape index (κ2) is 16.8. The number of nitrogens with zero attached hydrogens (tertiary/aromatic N) is 5. The van der Waals surface area contributed by atoms with Crippen LogP contribution in [-0.2, 0) is 18.6 Å². The minimum absolute atomic E-state index is 0.0118. The number of benzene rings is 1. The van der Waals surface area contributed by atoms with E-state index in [0.717, 1.165) is 30.1 Å². The molecule has 0 amide bonds. The van der Waals surface area contributed by atoms with Crippen LogP contribution in [-0.4, -0.2) is 31.1 Å². The van der Waals surface area contributed by atoms with Gasteiger partial charge in [-0.1, -0.05) is 90.9 Å². The highest BCUT2D eigenvalue weighted by Gasteiger charge is 2.60. The van der Waals surface area contributed by atoms with Gasteiger partial charge in [0.25, 0.3) is 0 Å². The van der Waals surface area contributed by atoms with Crippen molar-refractivity contribution >= 4 is 11.6 Å². The topological polar surface area (TPSA) is 69.6 Å². The molecule has 2 atom stereocenters. The van der Waals surface area contributed by atoms with Gasteiger partial charge in [-0.25, -0.2) is 4.39 Å². The first-order valence-electron chi connectivity index (χ1n) is 14.8. The Balaban J connectivity index is 0.00000102. The average molecular weight is 592 g/mol. The maximum absolute atomic E-state index is 13.5. The molecular weight excluding hydrogens is 546 g/mol. The lowest BCUT2D eigenvalue weighted by molar-refractivity contribution is -0.137. The lowest BCUT2D eigenvalue weighted by Crippen LogP contribution is -2.09. The number of fused-ring (bicyclic) bond motifs is 1. The number of allylic oxidation sites excluding steroid dienone is 4. The van der Waals surface area contributed by atoms with Crippen LogP contribution in [0.4, 0.5) is 17.6 Å². The third-order valence-corrected chi connectivity index (χ3v) is 6.45. The van der Waals surface area contributed by atoms with Crippen molar-refractivity contribution in [3.63, 3.8) is 0 Å². The molecule has 0 saturated heterocycles. The largest absolute Gasteiger partial charge is 0.417 e. The second-order valence-electron chi connectivity index (χ2n) is 8.51. The van der Waals surface area contributed by atoms with E-state index >= 15 is 0 Å². The van der Waals surface area contributed by atoms with Crippen molar-refractivity contribution in [2.24, 2.45) is 7.05 Å². The van der Waals surface area contributed by atoms with E-state index in [0.29, 0.717) is 24.0 Å². The van der Waals surface area contributed by atoms with Crippen molar-refractivity contribution in [3.8, 4) is 11.4 Å². The van der Waals surface area contributed by atoms with Gasteiger partial charge in [-0.3, -0.25) is 0 Å². The molecule has 2 aromatic heterocycles. The van der Waals surface area contributed by atoms with Crippen molar-refractivity contribution in [3.05, 3.63) is 71.7 Å². The molecule has 10 heteroatoms. The van der Waals surface area contributed by atoms with Gasteiger partial charge in [0.2, 0.25) is 5.89 Å². The maximum atomic E-state index is 13.5. The Morgan fingerprint density at radius 1 is 1.02 bits per heavy atom. The summed E-state index contributed by atoms with van der Waals surface area (Å²) < 4.78 is 60.9. The average Bonchev–Trinajstić information content (AvgIpc) is 3.31. The Morgan fingerprint density at radius 2 is 1.64 bits per heavy atom. The maximum Gasteiger partial charge on any atom is 0.417 e. The van der Waals surface area contributed by atoms with E-state index in [9.17, 15) is 17.6 Å². The highest BCUT2D eigenvalue weighted by atomic mass is 19.4. The lowest BCUT2D eigenvalue weighted by Gasteiger charge is -2.12. The number of hydrogen-bond acceptors (Lipinski definition) is 5. The first-order chi connectivity index (χ1) is 20.2. The first kappa shape index (κ1) is 36.5. The molecule has 2 aliphatic carbocycles. The Labute approximate surface area is 247 Å². The molecule has 1 saturated carbocycles. The second-order valence-corrected chi connectivity index (χ2v) is 8.51. The van der Waals surface area contributed by atoms with E-state index in [2.05, 4.69) is 26.9 Å². The molecule has 0 bridgehead atoms.